The summed E-state index contributed by atoms with van der Waals surface area (Å²) in [6.45, 7) is 12.9. The molecular formula is C28H46N4O2. The van der Waals surface area contributed by atoms with Crippen LogP contribution in [0.25, 0.3) is 0 Å². The second kappa shape index (κ2) is 11.8. The molecule has 1 aromatic carbocycles. The van der Waals surface area contributed by atoms with E-state index in [1.165, 1.54) is 63.1 Å². The fraction of sp³-hybridized carbons (Fsp3) is 0.750. The fourth-order valence-electron chi connectivity index (χ4n) is 5.73. The SMILES string of the molecule is C1CCNC1.CC(C)(C)OC(=O)NC1CCC(N2CCc3cc(N4CCCC4)ccc3C2)CC1. The van der Waals surface area contributed by atoms with Crippen LogP contribution >= 0.6 is 0 Å². The quantitative estimate of drug-likeness (QED) is 0.661. The molecular weight excluding hydrogens is 424 g/mol. The Morgan fingerprint density at radius 1 is 0.971 bits per heavy atom. The molecule has 2 saturated heterocycles. The Morgan fingerprint density at radius 2 is 1.68 bits per heavy atom. The molecule has 1 aromatic rings. The smallest absolute Gasteiger partial charge is 0.407 e. The van der Waals surface area contributed by atoms with Gasteiger partial charge in [-0.25, -0.2) is 4.79 Å². The van der Waals surface area contributed by atoms with Gasteiger partial charge in [-0.1, -0.05) is 6.07 Å². The lowest BCUT2D eigenvalue weighted by Gasteiger charge is -2.40. The fourth-order valence-corrected chi connectivity index (χ4v) is 5.73. The van der Waals surface area contributed by atoms with Gasteiger partial charge in [0, 0.05) is 44.0 Å². The Labute approximate surface area is 206 Å². The van der Waals surface area contributed by atoms with Gasteiger partial charge < -0.3 is 20.3 Å². The molecule has 4 aliphatic rings. The van der Waals surface area contributed by atoms with Crippen LogP contribution in [0.3, 0.4) is 0 Å². The summed E-state index contributed by atoms with van der Waals surface area (Å²) < 4.78 is 5.41. The summed E-state index contributed by atoms with van der Waals surface area (Å²) in [4.78, 5) is 17.2. The monoisotopic (exact) mass is 470 g/mol. The van der Waals surface area contributed by atoms with Crippen LogP contribution in [0.15, 0.2) is 18.2 Å². The van der Waals surface area contributed by atoms with Crippen LogP contribution in [0.5, 0.6) is 0 Å². The lowest BCUT2D eigenvalue weighted by molar-refractivity contribution is 0.0473. The molecule has 6 heteroatoms. The van der Waals surface area contributed by atoms with Crippen molar-refractivity contribution in [3.63, 3.8) is 0 Å². The van der Waals surface area contributed by atoms with Crippen LogP contribution in [0, 0.1) is 0 Å². The Bertz CT molecular complexity index is 780. The first-order valence-electron chi connectivity index (χ1n) is 13.7. The number of nitrogens with one attached hydrogen (secondary N) is 2. The van der Waals surface area contributed by atoms with Crippen molar-refractivity contribution in [3.05, 3.63) is 29.3 Å². The molecule has 1 amide bonds. The zero-order valence-electron chi connectivity index (χ0n) is 21.7. The van der Waals surface area contributed by atoms with Gasteiger partial charge in [-0.3, -0.25) is 4.90 Å². The van der Waals surface area contributed by atoms with Gasteiger partial charge in [-0.15, -0.1) is 0 Å². The molecule has 1 saturated carbocycles. The third-order valence-corrected chi connectivity index (χ3v) is 7.59. The minimum absolute atomic E-state index is 0.251. The molecule has 2 N–H and O–H groups in total. The molecule has 0 radical (unpaired) electrons. The van der Waals surface area contributed by atoms with Crippen molar-refractivity contribution < 1.29 is 9.53 Å². The minimum atomic E-state index is -0.433. The average molecular weight is 471 g/mol. The number of benzene rings is 1. The molecule has 3 aliphatic heterocycles. The van der Waals surface area contributed by atoms with Gasteiger partial charge >= 0.3 is 6.09 Å². The first-order chi connectivity index (χ1) is 16.4. The van der Waals surface area contributed by atoms with Crippen LogP contribution in [0.1, 0.15) is 83.3 Å². The first kappa shape index (κ1) is 25.3. The highest BCUT2D eigenvalue weighted by Crippen LogP contribution is 2.31. The number of nitrogens with zero attached hydrogens (tertiary/aromatic N) is 2. The van der Waals surface area contributed by atoms with Gasteiger partial charge in [-0.05, 0) is 115 Å². The minimum Gasteiger partial charge on any atom is -0.444 e. The van der Waals surface area contributed by atoms with Gasteiger partial charge in [-0.2, -0.15) is 0 Å². The van der Waals surface area contributed by atoms with Crippen LogP contribution in [-0.4, -0.2) is 61.4 Å². The van der Waals surface area contributed by atoms with Crippen molar-refractivity contribution in [3.8, 4) is 0 Å². The predicted octanol–water partition coefficient (Wildman–Crippen LogP) is 4.85. The number of carbonyl (C=O) groups is 1. The Morgan fingerprint density at radius 3 is 2.29 bits per heavy atom. The third kappa shape index (κ3) is 7.35. The van der Waals surface area contributed by atoms with E-state index < -0.39 is 5.60 Å². The number of hydrogen-bond acceptors (Lipinski definition) is 5. The van der Waals surface area contributed by atoms with E-state index in [-0.39, 0.29) is 12.1 Å². The largest absolute Gasteiger partial charge is 0.444 e. The van der Waals surface area contributed by atoms with E-state index in [0.717, 1.165) is 45.2 Å². The van der Waals surface area contributed by atoms with E-state index in [2.05, 4.69) is 38.6 Å². The summed E-state index contributed by atoms with van der Waals surface area (Å²) in [5, 5.41) is 6.29. The van der Waals surface area contributed by atoms with E-state index in [4.69, 9.17) is 4.74 Å². The number of amides is 1. The van der Waals surface area contributed by atoms with Crippen molar-refractivity contribution in [2.45, 2.75) is 103 Å². The van der Waals surface area contributed by atoms with E-state index >= 15 is 0 Å². The molecule has 0 aromatic heterocycles. The number of rotatable bonds is 3. The first-order valence-corrected chi connectivity index (χ1v) is 13.7. The number of carbonyl (C=O) groups excluding carboxylic acids is 1. The van der Waals surface area contributed by atoms with Gasteiger partial charge in [0.25, 0.3) is 0 Å². The zero-order valence-corrected chi connectivity index (χ0v) is 21.7. The summed E-state index contributed by atoms with van der Waals surface area (Å²) >= 11 is 0. The Hall–Kier alpha value is -1.79. The molecule has 3 heterocycles. The number of fused-ring (bicyclic) bond motifs is 1. The van der Waals surface area contributed by atoms with Gasteiger partial charge in [0.15, 0.2) is 0 Å². The van der Waals surface area contributed by atoms with E-state index in [1.807, 2.05) is 20.8 Å². The van der Waals surface area contributed by atoms with Gasteiger partial charge in [0.05, 0.1) is 0 Å². The van der Waals surface area contributed by atoms with Crippen molar-refractivity contribution in [1.82, 2.24) is 15.5 Å². The topological polar surface area (TPSA) is 56.8 Å². The van der Waals surface area contributed by atoms with Crippen LogP contribution < -0.4 is 15.5 Å². The summed E-state index contributed by atoms with van der Waals surface area (Å²) in [6.07, 6.45) is 10.7. The number of ether oxygens (including phenoxy) is 1. The Kier molecular flexibility index (Phi) is 8.75. The summed E-state index contributed by atoms with van der Waals surface area (Å²) in [7, 11) is 0. The predicted molar refractivity (Wildman–Crippen MR) is 140 cm³/mol. The van der Waals surface area contributed by atoms with Crippen molar-refractivity contribution in [1.29, 1.82) is 0 Å². The molecule has 6 nitrogen and oxygen atoms in total. The molecule has 0 bridgehead atoms. The zero-order chi connectivity index (χ0) is 24.0. The van der Waals surface area contributed by atoms with Crippen LogP contribution in [-0.2, 0) is 17.7 Å². The molecule has 0 atom stereocenters. The summed E-state index contributed by atoms with van der Waals surface area (Å²) in [5.74, 6) is 0. The van der Waals surface area contributed by atoms with E-state index in [1.54, 1.807) is 5.56 Å². The number of hydrogen-bond donors (Lipinski definition) is 2. The maximum absolute atomic E-state index is 12.0. The number of anilines is 1. The molecule has 5 rings (SSSR count). The van der Waals surface area contributed by atoms with Crippen LogP contribution in [0.4, 0.5) is 10.5 Å². The normalized spacial score (nSPS) is 25.3. The van der Waals surface area contributed by atoms with Crippen molar-refractivity contribution in [2.75, 3.05) is 37.6 Å². The second-order valence-electron chi connectivity index (χ2n) is 11.5. The highest BCUT2D eigenvalue weighted by Gasteiger charge is 2.30. The highest BCUT2D eigenvalue weighted by atomic mass is 16.6. The number of alkyl carbamates (subject to hydrolysis) is 1. The standard InChI is InChI=1S/C24H37N3O2.C4H9N/c1-24(2,3)29-23(28)25-20-7-10-21(11-8-20)27-15-12-18-16-22(9-6-19(18)17-27)26-13-4-5-14-26;1-2-4-5-3-1/h6,9,16,20-21H,4-5,7-8,10-15,17H2,1-3H3,(H,25,28);5H,1-4H2. The van der Waals surface area contributed by atoms with Gasteiger partial charge in [0.2, 0.25) is 0 Å². The lowest BCUT2D eigenvalue weighted by atomic mass is 9.88. The maximum atomic E-state index is 12.0. The summed E-state index contributed by atoms with van der Waals surface area (Å²) in [5.41, 5.74) is 4.04. The molecule has 3 fully saturated rings. The molecule has 0 unspecified atom stereocenters. The van der Waals surface area contributed by atoms with Crippen LogP contribution in [0.2, 0.25) is 0 Å². The Balaban J connectivity index is 0.000000486. The molecule has 1 aliphatic carbocycles. The van der Waals surface area contributed by atoms with E-state index in [9.17, 15) is 4.79 Å². The highest BCUT2D eigenvalue weighted by molar-refractivity contribution is 5.68. The molecule has 34 heavy (non-hydrogen) atoms. The average Bonchev–Trinajstić information content (AvgIpc) is 3.55. The van der Waals surface area contributed by atoms with Gasteiger partial charge in [0.1, 0.15) is 5.60 Å². The lowest BCUT2D eigenvalue weighted by Crippen LogP contribution is -2.46. The molecule has 190 valence electrons. The third-order valence-electron chi connectivity index (χ3n) is 7.59. The van der Waals surface area contributed by atoms with Crippen molar-refractivity contribution >= 4 is 11.8 Å². The summed E-state index contributed by atoms with van der Waals surface area (Å²) in [6, 6.07) is 8.03. The second-order valence-corrected chi connectivity index (χ2v) is 11.5. The molecule has 0 spiro atoms. The van der Waals surface area contributed by atoms with E-state index in [0.29, 0.717) is 6.04 Å². The van der Waals surface area contributed by atoms with Crippen molar-refractivity contribution in [2.24, 2.45) is 0 Å². The maximum Gasteiger partial charge on any atom is 0.407 e.